The third kappa shape index (κ3) is 9.89. The average Bonchev–Trinajstić information content (AvgIpc) is 3.29. The van der Waals surface area contributed by atoms with E-state index in [-0.39, 0.29) is 43.5 Å². The van der Waals surface area contributed by atoms with E-state index in [1.165, 1.54) is 0 Å². The molecule has 1 aliphatic rings. The number of rotatable bonds is 15. The molecule has 1 fully saturated rings. The summed E-state index contributed by atoms with van der Waals surface area (Å²) in [5.41, 5.74) is 0.897. The fourth-order valence-electron chi connectivity index (χ4n) is 4.74. The number of aliphatic hydroxyl groups is 2. The van der Waals surface area contributed by atoms with Crippen LogP contribution >= 0.6 is 0 Å². The van der Waals surface area contributed by atoms with Gasteiger partial charge in [0.25, 0.3) is 5.91 Å². The van der Waals surface area contributed by atoms with Gasteiger partial charge < -0.3 is 29.7 Å². The highest BCUT2D eigenvalue weighted by Gasteiger charge is 2.41. The molecule has 9 nitrogen and oxygen atoms in total. The summed E-state index contributed by atoms with van der Waals surface area (Å²) in [5.74, 6) is -0.421. The molecule has 1 saturated carbocycles. The number of carbonyl (C=O) groups excluding carboxylic acids is 3. The predicted octanol–water partition coefficient (Wildman–Crippen LogP) is 4.74. The number of ether oxygens (including phenoxy) is 3. The maximum atomic E-state index is 12.5. The molecule has 0 heterocycles. The van der Waals surface area contributed by atoms with E-state index in [4.69, 9.17) is 14.2 Å². The Morgan fingerprint density at radius 1 is 0.930 bits per heavy atom. The number of Topliss-reactive ketones (excluding diaryl/α,β-unsaturated/α-hetero) is 1. The van der Waals surface area contributed by atoms with Crippen molar-refractivity contribution in [2.45, 2.75) is 50.4 Å². The highest BCUT2D eigenvalue weighted by molar-refractivity contribution is 6.05. The van der Waals surface area contributed by atoms with E-state index in [2.05, 4.69) is 5.32 Å². The highest BCUT2D eigenvalue weighted by Crippen LogP contribution is 2.29. The van der Waals surface area contributed by atoms with Crippen LogP contribution in [-0.4, -0.2) is 59.4 Å². The van der Waals surface area contributed by atoms with E-state index in [9.17, 15) is 24.6 Å². The van der Waals surface area contributed by atoms with Crippen molar-refractivity contribution in [3.63, 3.8) is 0 Å². The Morgan fingerprint density at radius 3 is 2.40 bits per heavy atom. The van der Waals surface area contributed by atoms with Crippen molar-refractivity contribution in [1.82, 2.24) is 0 Å². The van der Waals surface area contributed by atoms with Gasteiger partial charge >= 0.3 is 5.97 Å². The lowest BCUT2D eigenvalue weighted by molar-refractivity contribution is -0.134. The minimum absolute atomic E-state index is 0.0128. The molecule has 0 saturated heterocycles. The minimum atomic E-state index is -0.928. The lowest BCUT2D eigenvalue weighted by Gasteiger charge is -2.22. The second-order valence-corrected chi connectivity index (χ2v) is 10.3. The number of ketones is 1. The number of para-hydroxylation sites is 3. The fraction of sp³-hybridized carbons (Fsp3) is 0.324. The van der Waals surface area contributed by atoms with Crippen molar-refractivity contribution in [3.05, 3.63) is 103 Å². The predicted molar refractivity (Wildman–Crippen MR) is 161 cm³/mol. The van der Waals surface area contributed by atoms with E-state index in [0.717, 1.165) is 0 Å². The van der Waals surface area contributed by atoms with E-state index in [1.54, 1.807) is 60.7 Å². The molecule has 4 unspecified atom stereocenters. The monoisotopic (exact) mass is 587 g/mol. The van der Waals surface area contributed by atoms with Crippen molar-refractivity contribution in [1.29, 1.82) is 0 Å². The molecular weight excluding hydrogens is 550 g/mol. The fourth-order valence-corrected chi connectivity index (χ4v) is 4.74. The summed E-state index contributed by atoms with van der Waals surface area (Å²) in [7, 11) is 0. The molecule has 0 aliphatic heterocycles. The Hall–Kier alpha value is -4.31. The molecule has 1 aliphatic carbocycles. The number of anilines is 1. The molecule has 3 N–H and O–H groups in total. The van der Waals surface area contributed by atoms with Gasteiger partial charge in [0.15, 0.2) is 5.75 Å². The first-order chi connectivity index (χ1) is 20.9. The second kappa shape index (κ2) is 16.4. The molecule has 0 spiro atoms. The number of aliphatic hydroxyl groups excluding tert-OH is 2. The largest absolute Gasteiger partial charge is 0.491 e. The maximum absolute atomic E-state index is 12.5. The van der Waals surface area contributed by atoms with Crippen LogP contribution in [0.2, 0.25) is 0 Å². The van der Waals surface area contributed by atoms with Gasteiger partial charge in [-0.25, -0.2) is 0 Å². The Balaban J connectivity index is 1.17. The summed E-state index contributed by atoms with van der Waals surface area (Å²) in [6, 6.07) is 24.6. The molecule has 3 aromatic carbocycles. The molecule has 4 atom stereocenters. The zero-order chi connectivity index (χ0) is 30.4. The Morgan fingerprint density at radius 2 is 1.63 bits per heavy atom. The zero-order valence-electron chi connectivity index (χ0n) is 23.8. The Kier molecular flexibility index (Phi) is 12.0. The quantitative estimate of drug-likeness (QED) is 0.101. The van der Waals surface area contributed by atoms with Gasteiger partial charge in [0.05, 0.1) is 24.5 Å². The number of unbranched alkanes of at least 4 members (excludes halogenated alkanes) is 1. The zero-order valence-corrected chi connectivity index (χ0v) is 23.8. The molecular formula is C34H37NO8. The molecule has 3 aromatic rings. The van der Waals surface area contributed by atoms with E-state index in [0.29, 0.717) is 36.3 Å². The molecule has 226 valence electrons. The first-order valence-corrected chi connectivity index (χ1v) is 14.4. The topological polar surface area (TPSA) is 131 Å². The van der Waals surface area contributed by atoms with Gasteiger partial charge in [-0.1, -0.05) is 60.7 Å². The van der Waals surface area contributed by atoms with Crippen LogP contribution in [-0.2, 0) is 14.3 Å². The standard InChI is InChI=1S/C34H37NO8/c36-25(22-41-26-15-7-4-8-16-26)23-42-33-27(29(37)21-30(33)38)17-9-1-2-10-20-32(39)43-31-19-12-11-18-28(31)35-34(40)24-13-5-3-6-14-24/h1,3-9,11-16,18-19,25,27,30,33,36,38H,2,10,17,20-23H2,(H,35,40). The van der Waals surface area contributed by atoms with Crippen molar-refractivity contribution < 1.29 is 38.8 Å². The number of hydrogen-bond acceptors (Lipinski definition) is 8. The molecule has 1 amide bonds. The number of allylic oxidation sites excluding steroid dienone is 2. The first kappa shape index (κ1) is 31.6. The van der Waals surface area contributed by atoms with E-state index in [1.807, 2.05) is 36.4 Å². The SMILES string of the molecule is O=C(CCCC=CCC1C(=O)CC(O)C1OCC(O)COc1ccccc1)Oc1ccccc1NC(=O)c1ccccc1. The van der Waals surface area contributed by atoms with Crippen LogP contribution in [0.4, 0.5) is 5.69 Å². The summed E-state index contributed by atoms with van der Waals surface area (Å²) < 4.78 is 16.8. The summed E-state index contributed by atoms with van der Waals surface area (Å²) >= 11 is 0. The molecule has 0 bridgehead atoms. The van der Waals surface area contributed by atoms with Crippen LogP contribution in [0.3, 0.4) is 0 Å². The number of carbonyl (C=O) groups is 3. The minimum Gasteiger partial charge on any atom is -0.491 e. The molecule has 43 heavy (non-hydrogen) atoms. The lowest BCUT2D eigenvalue weighted by Crippen LogP contribution is -2.34. The van der Waals surface area contributed by atoms with Crippen molar-refractivity contribution >= 4 is 23.3 Å². The van der Waals surface area contributed by atoms with Crippen molar-refractivity contribution in [3.8, 4) is 11.5 Å². The smallest absolute Gasteiger partial charge is 0.311 e. The van der Waals surface area contributed by atoms with E-state index < -0.39 is 30.2 Å². The summed E-state index contributed by atoms with van der Waals surface area (Å²) in [5, 5.41) is 23.4. The number of esters is 1. The molecule has 9 heteroatoms. The van der Waals surface area contributed by atoms with Crippen LogP contribution < -0.4 is 14.8 Å². The second-order valence-electron chi connectivity index (χ2n) is 10.3. The number of hydrogen-bond donors (Lipinski definition) is 3. The molecule has 0 radical (unpaired) electrons. The third-order valence-corrected chi connectivity index (χ3v) is 6.97. The van der Waals surface area contributed by atoms with Crippen molar-refractivity contribution in [2.75, 3.05) is 18.5 Å². The van der Waals surface area contributed by atoms with Crippen LogP contribution in [0.1, 0.15) is 42.5 Å². The van der Waals surface area contributed by atoms with Crippen LogP contribution in [0.5, 0.6) is 11.5 Å². The van der Waals surface area contributed by atoms with Crippen LogP contribution in [0.25, 0.3) is 0 Å². The van der Waals surface area contributed by atoms with Gasteiger partial charge in [0.1, 0.15) is 24.2 Å². The summed E-state index contributed by atoms with van der Waals surface area (Å²) in [6.07, 6.45) is 2.88. The number of amides is 1. The lowest BCUT2D eigenvalue weighted by atomic mass is 9.99. The first-order valence-electron chi connectivity index (χ1n) is 14.4. The number of nitrogens with one attached hydrogen (secondary N) is 1. The average molecular weight is 588 g/mol. The third-order valence-electron chi connectivity index (χ3n) is 6.97. The molecule has 4 rings (SSSR count). The van der Waals surface area contributed by atoms with Crippen molar-refractivity contribution in [2.24, 2.45) is 5.92 Å². The van der Waals surface area contributed by atoms with Crippen LogP contribution in [0.15, 0.2) is 97.1 Å². The summed E-state index contributed by atoms with van der Waals surface area (Å²) in [6.45, 7) is -0.0368. The normalized spacial score (nSPS) is 18.8. The van der Waals surface area contributed by atoms with Gasteiger partial charge in [-0.2, -0.15) is 0 Å². The van der Waals surface area contributed by atoms with Gasteiger partial charge in [-0.15, -0.1) is 0 Å². The highest BCUT2D eigenvalue weighted by atomic mass is 16.5. The van der Waals surface area contributed by atoms with Gasteiger partial charge in [0, 0.05) is 24.3 Å². The summed E-state index contributed by atoms with van der Waals surface area (Å²) in [4.78, 5) is 37.4. The Bertz CT molecular complexity index is 1360. The van der Waals surface area contributed by atoms with Gasteiger partial charge in [-0.3, -0.25) is 14.4 Å². The van der Waals surface area contributed by atoms with Gasteiger partial charge in [0.2, 0.25) is 0 Å². The van der Waals surface area contributed by atoms with Crippen LogP contribution in [0, 0.1) is 5.92 Å². The number of benzene rings is 3. The van der Waals surface area contributed by atoms with Gasteiger partial charge in [-0.05, 0) is 55.7 Å². The van der Waals surface area contributed by atoms with E-state index >= 15 is 0 Å². The Labute approximate surface area is 251 Å². The maximum Gasteiger partial charge on any atom is 0.311 e. The molecule has 0 aromatic heterocycles.